The van der Waals surface area contributed by atoms with Gasteiger partial charge in [0.05, 0.1) is 7.11 Å². The standard InChI is InChI=1S/C19H20N2O4/c1-21-8-6-12-9-16-18(25-11-24-16)19(23-2)17(12)14(21)10-15(22)13-5-3-4-7-20-13/h3-5,7,9,14H,6,8,10-11H2,1-2H3/t14-/m0/s1. The number of ether oxygens (including phenoxy) is 3. The number of carbonyl (C=O) groups is 1. The number of carbonyl (C=O) groups excluding carboxylic acids is 1. The minimum atomic E-state index is -0.0808. The van der Waals surface area contributed by atoms with Gasteiger partial charge in [-0.05, 0) is 37.2 Å². The molecule has 0 N–H and O–H groups in total. The van der Waals surface area contributed by atoms with E-state index in [-0.39, 0.29) is 18.6 Å². The van der Waals surface area contributed by atoms with Crippen molar-refractivity contribution in [3.8, 4) is 17.2 Å². The van der Waals surface area contributed by atoms with E-state index in [1.165, 1.54) is 0 Å². The number of hydrogen-bond acceptors (Lipinski definition) is 6. The zero-order chi connectivity index (χ0) is 17.4. The molecule has 2 aliphatic heterocycles. The summed E-state index contributed by atoms with van der Waals surface area (Å²) in [6.07, 6.45) is 2.87. The van der Waals surface area contributed by atoms with Crippen molar-refractivity contribution in [2.45, 2.75) is 18.9 Å². The van der Waals surface area contributed by atoms with Crippen LogP contribution in [0.1, 0.15) is 34.1 Å². The van der Waals surface area contributed by atoms with Crippen molar-refractivity contribution in [2.24, 2.45) is 0 Å². The molecule has 6 heteroatoms. The Labute approximate surface area is 146 Å². The molecule has 0 unspecified atom stereocenters. The lowest BCUT2D eigenvalue weighted by Crippen LogP contribution is -2.34. The number of benzene rings is 1. The molecule has 2 aromatic rings. The van der Waals surface area contributed by atoms with Crippen LogP contribution in [-0.2, 0) is 6.42 Å². The van der Waals surface area contributed by atoms with Crippen LogP contribution in [-0.4, -0.2) is 43.2 Å². The molecule has 25 heavy (non-hydrogen) atoms. The smallest absolute Gasteiger partial charge is 0.231 e. The lowest BCUT2D eigenvalue weighted by Gasteiger charge is -2.35. The third-order valence-corrected chi connectivity index (χ3v) is 4.88. The van der Waals surface area contributed by atoms with Crippen LogP contribution in [0.15, 0.2) is 30.5 Å². The van der Waals surface area contributed by atoms with Gasteiger partial charge in [0.2, 0.25) is 12.5 Å². The zero-order valence-electron chi connectivity index (χ0n) is 14.3. The Morgan fingerprint density at radius 1 is 1.40 bits per heavy atom. The predicted octanol–water partition coefficient (Wildman–Crippen LogP) is 2.62. The second kappa shape index (κ2) is 6.37. The normalized spacial score (nSPS) is 18.7. The molecule has 0 spiro atoms. The van der Waals surface area contributed by atoms with E-state index >= 15 is 0 Å². The summed E-state index contributed by atoms with van der Waals surface area (Å²) >= 11 is 0. The van der Waals surface area contributed by atoms with Crippen molar-refractivity contribution in [2.75, 3.05) is 27.5 Å². The van der Waals surface area contributed by atoms with Crippen molar-refractivity contribution in [3.05, 3.63) is 47.3 Å². The van der Waals surface area contributed by atoms with E-state index in [9.17, 15) is 4.79 Å². The minimum absolute atomic E-state index is 0.0185. The first-order valence-corrected chi connectivity index (χ1v) is 8.33. The Kier molecular flexibility index (Phi) is 4.05. The molecule has 6 nitrogen and oxygen atoms in total. The van der Waals surface area contributed by atoms with Crippen molar-refractivity contribution < 1.29 is 19.0 Å². The first-order chi connectivity index (χ1) is 12.2. The highest BCUT2D eigenvalue weighted by Crippen LogP contribution is 2.50. The average Bonchev–Trinajstić information content (AvgIpc) is 3.11. The summed E-state index contributed by atoms with van der Waals surface area (Å²) in [7, 11) is 3.66. The fraction of sp³-hybridized carbons (Fsp3) is 0.368. The molecule has 0 radical (unpaired) electrons. The number of methoxy groups -OCH3 is 1. The summed E-state index contributed by atoms with van der Waals surface area (Å²) in [5.74, 6) is 2.04. The second-order valence-electron chi connectivity index (χ2n) is 6.31. The van der Waals surface area contributed by atoms with Crippen molar-refractivity contribution in [1.29, 1.82) is 0 Å². The van der Waals surface area contributed by atoms with Crippen LogP contribution in [0.3, 0.4) is 0 Å². The van der Waals surface area contributed by atoms with E-state index in [1.807, 2.05) is 25.2 Å². The van der Waals surface area contributed by atoms with Crippen LogP contribution in [0, 0.1) is 0 Å². The van der Waals surface area contributed by atoms with Gasteiger partial charge in [0.1, 0.15) is 5.69 Å². The van der Waals surface area contributed by atoms with Crippen LogP contribution in [0.5, 0.6) is 17.2 Å². The van der Waals surface area contributed by atoms with Gasteiger partial charge in [-0.15, -0.1) is 0 Å². The Morgan fingerprint density at radius 2 is 2.28 bits per heavy atom. The number of hydrogen-bond donors (Lipinski definition) is 0. The lowest BCUT2D eigenvalue weighted by atomic mass is 9.88. The van der Waals surface area contributed by atoms with Gasteiger partial charge in [0.15, 0.2) is 17.3 Å². The molecule has 3 heterocycles. The van der Waals surface area contributed by atoms with Gasteiger partial charge in [-0.1, -0.05) is 6.07 Å². The van der Waals surface area contributed by atoms with E-state index in [0.29, 0.717) is 23.6 Å². The Balaban J connectivity index is 1.74. The maximum absolute atomic E-state index is 12.7. The summed E-state index contributed by atoms with van der Waals surface area (Å²) in [5, 5.41) is 0. The highest BCUT2D eigenvalue weighted by molar-refractivity contribution is 5.94. The largest absolute Gasteiger partial charge is 0.492 e. The van der Waals surface area contributed by atoms with Crippen molar-refractivity contribution in [3.63, 3.8) is 0 Å². The van der Waals surface area contributed by atoms with E-state index < -0.39 is 0 Å². The fourth-order valence-corrected chi connectivity index (χ4v) is 3.59. The average molecular weight is 340 g/mol. The van der Waals surface area contributed by atoms with Crippen LogP contribution in [0.2, 0.25) is 0 Å². The molecule has 0 saturated carbocycles. The SMILES string of the molecule is COc1c2c(cc3c1[C@H](CC(=O)c1ccccn1)N(C)CC3)OCO2. The Hall–Kier alpha value is -2.60. The van der Waals surface area contributed by atoms with Crippen LogP contribution >= 0.6 is 0 Å². The highest BCUT2D eigenvalue weighted by atomic mass is 16.7. The van der Waals surface area contributed by atoms with Crippen molar-refractivity contribution >= 4 is 5.78 Å². The maximum atomic E-state index is 12.7. The molecule has 0 aliphatic carbocycles. The van der Waals surface area contributed by atoms with Gasteiger partial charge in [-0.3, -0.25) is 14.7 Å². The molecule has 1 aromatic heterocycles. The van der Waals surface area contributed by atoms with Gasteiger partial charge in [0, 0.05) is 30.8 Å². The van der Waals surface area contributed by atoms with Crippen molar-refractivity contribution in [1.82, 2.24) is 9.88 Å². The first-order valence-electron chi connectivity index (χ1n) is 8.33. The monoisotopic (exact) mass is 340 g/mol. The summed E-state index contributed by atoms with van der Waals surface area (Å²) in [4.78, 5) is 19.1. The number of Topliss-reactive ketones (excluding diaryl/α,β-unsaturated/α-hetero) is 1. The molecule has 0 amide bonds. The summed E-state index contributed by atoms with van der Waals surface area (Å²) in [6.45, 7) is 1.07. The van der Waals surface area contributed by atoms with Gasteiger partial charge in [-0.2, -0.15) is 0 Å². The highest BCUT2D eigenvalue weighted by Gasteiger charge is 2.35. The third-order valence-electron chi connectivity index (χ3n) is 4.88. The molecule has 130 valence electrons. The molecule has 4 rings (SSSR count). The first kappa shape index (κ1) is 15.9. The molecule has 0 fully saturated rings. The Bertz CT molecular complexity index is 807. The molecule has 2 aliphatic rings. The Morgan fingerprint density at radius 3 is 3.04 bits per heavy atom. The quantitative estimate of drug-likeness (QED) is 0.798. The van der Waals surface area contributed by atoms with E-state index in [0.717, 1.165) is 29.8 Å². The fourth-order valence-electron chi connectivity index (χ4n) is 3.59. The molecule has 0 saturated heterocycles. The van der Waals surface area contributed by atoms with Crippen LogP contribution in [0.4, 0.5) is 0 Å². The van der Waals surface area contributed by atoms with Gasteiger partial charge < -0.3 is 14.2 Å². The third kappa shape index (κ3) is 2.72. The molecule has 1 atom stereocenters. The van der Waals surface area contributed by atoms with Gasteiger partial charge in [0.25, 0.3) is 0 Å². The lowest BCUT2D eigenvalue weighted by molar-refractivity contribution is 0.0920. The van der Waals surface area contributed by atoms with Crippen LogP contribution in [0.25, 0.3) is 0 Å². The molecule has 0 bridgehead atoms. The number of rotatable bonds is 4. The zero-order valence-corrected chi connectivity index (χ0v) is 14.3. The molecule has 1 aromatic carbocycles. The number of likely N-dealkylation sites (N-methyl/N-ethyl adjacent to an activating group) is 1. The predicted molar refractivity (Wildman–Crippen MR) is 91.4 cm³/mol. The van der Waals surface area contributed by atoms with E-state index in [2.05, 4.69) is 9.88 Å². The molecular formula is C19H20N2O4. The second-order valence-corrected chi connectivity index (χ2v) is 6.31. The number of pyridine rings is 1. The van der Waals surface area contributed by atoms with E-state index in [4.69, 9.17) is 14.2 Å². The summed E-state index contributed by atoms with van der Waals surface area (Å²) in [6, 6.07) is 7.33. The number of nitrogens with zero attached hydrogens (tertiary/aromatic N) is 2. The topological polar surface area (TPSA) is 60.9 Å². The van der Waals surface area contributed by atoms with Gasteiger partial charge >= 0.3 is 0 Å². The molecular weight excluding hydrogens is 320 g/mol. The van der Waals surface area contributed by atoms with Crippen LogP contribution < -0.4 is 14.2 Å². The minimum Gasteiger partial charge on any atom is -0.492 e. The van der Waals surface area contributed by atoms with E-state index in [1.54, 1.807) is 19.4 Å². The number of fused-ring (bicyclic) bond motifs is 2. The summed E-state index contributed by atoms with van der Waals surface area (Å²) < 4.78 is 16.8. The number of ketones is 1. The summed E-state index contributed by atoms with van der Waals surface area (Å²) in [5.41, 5.74) is 2.66. The maximum Gasteiger partial charge on any atom is 0.231 e. The number of aromatic nitrogens is 1. The van der Waals surface area contributed by atoms with Gasteiger partial charge in [-0.25, -0.2) is 0 Å².